The summed E-state index contributed by atoms with van der Waals surface area (Å²) >= 11 is 6.26. The van der Waals surface area contributed by atoms with Gasteiger partial charge in [-0.05, 0) is 12.1 Å². The molecule has 1 aliphatic rings. The summed E-state index contributed by atoms with van der Waals surface area (Å²) in [6.45, 7) is 0.273. The Kier molecular flexibility index (Phi) is 3.77. The van der Waals surface area contributed by atoms with Crippen molar-refractivity contribution < 1.29 is 18.7 Å². The maximum atomic E-state index is 12.7. The van der Waals surface area contributed by atoms with Crippen molar-refractivity contribution in [1.82, 2.24) is 19.4 Å². The Morgan fingerprint density at radius 2 is 2.19 bits per heavy atom. The average Bonchev–Trinajstić information content (AvgIpc) is 3.25. The minimum Gasteiger partial charge on any atom is -0.464 e. The second-order valence-electron chi connectivity index (χ2n) is 5.73. The van der Waals surface area contributed by atoms with Crippen molar-refractivity contribution in [2.45, 2.75) is 6.54 Å². The van der Waals surface area contributed by atoms with E-state index in [0.717, 1.165) is 0 Å². The van der Waals surface area contributed by atoms with Gasteiger partial charge in [0.25, 0.3) is 5.91 Å². The van der Waals surface area contributed by atoms with Crippen molar-refractivity contribution in [3.63, 3.8) is 0 Å². The minimum absolute atomic E-state index is 0.0470. The van der Waals surface area contributed by atoms with Crippen LogP contribution in [0, 0.1) is 0 Å². The number of fused-ring (bicyclic) bond motifs is 3. The highest BCUT2D eigenvalue weighted by Gasteiger charge is 2.29. The first kappa shape index (κ1) is 16.3. The largest absolute Gasteiger partial charge is 0.464 e. The second kappa shape index (κ2) is 5.99. The number of nitrogens with zero attached hydrogens (tertiary/aromatic N) is 4. The monoisotopic (exact) mass is 372 g/mol. The highest BCUT2D eigenvalue weighted by molar-refractivity contribution is 6.34. The van der Waals surface area contributed by atoms with Crippen LogP contribution in [-0.2, 0) is 11.3 Å². The number of hydrogen-bond acceptors (Lipinski definition) is 6. The van der Waals surface area contributed by atoms with E-state index in [1.165, 1.54) is 13.4 Å². The number of ether oxygens (including phenoxy) is 1. The number of methoxy groups -OCH3 is 1. The van der Waals surface area contributed by atoms with E-state index in [-0.39, 0.29) is 24.0 Å². The molecule has 0 atom stereocenters. The molecule has 1 aromatic carbocycles. The second-order valence-corrected chi connectivity index (χ2v) is 6.14. The van der Waals surface area contributed by atoms with Gasteiger partial charge in [-0.25, -0.2) is 14.8 Å². The molecule has 0 spiro atoms. The van der Waals surface area contributed by atoms with Crippen LogP contribution in [0.25, 0.3) is 17.3 Å². The van der Waals surface area contributed by atoms with Crippen LogP contribution in [0.1, 0.15) is 26.5 Å². The van der Waals surface area contributed by atoms with E-state index in [1.54, 1.807) is 41.0 Å². The Morgan fingerprint density at radius 1 is 1.38 bits per heavy atom. The van der Waals surface area contributed by atoms with Crippen molar-refractivity contribution in [1.29, 1.82) is 0 Å². The summed E-state index contributed by atoms with van der Waals surface area (Å²) in [6.07, 6.45) is 2.79. The first-order chi connectivity index (χ1) is 12.5. The predicted molar refractivity (Wildman–Crippen MR) is 91.2 cm³/mol. The molecule has 0 N–H and O–H groups in total. The van der Waals surface area contributed by atoms with E-state index in [2.05, 4.69) is 14.7 Å². The standard InChI is InChI=1S/C17H13ClN4O4/c1-21-6-12-14(15-20-10(7-26-15)17(24)25-2)19-8-22(12)11-5-3-4-9(18)13(11)16(21)23/h3-5,7-8H,6H2,1-2H3. The number of amides is 1. The number of oxazole rings is 1. The molecule has 3 aromatic rings. The SMILES string of the molecule is COC(=O)c1coc(-c2ncn3c2CN(C)C(=O)c2c(Cl)cccc2-3)n1. The highest BCUT2D eigenvalue weighted by atomic mass is 35.5. The van der Waals surface area contributed by atoms with Crippen molar-refractivity contribution in [3.8, 4) is 17.3 Å². The summed E-state index contributed by atoms with van der Waals surface area (Å²) in [5, 5.41) is 0.367. The van der Waals surface area contributed by atoms with Crippen LogP contribution in [0.4, 0.5) is 0 Å². The van der Waals surface area contributed by atoms with Crippen molar-refractivity contribution in [3.05, 3.63) is 52.8 Å². The third-order valence-corrected chi connectivity index (χ3v) is 4.48. The van der Waals surface area contributed by atoms with Crippen LogP contribution in [-0.4, -0.2) is 45.5 Å². The Labute approximate surface area is 153 Å². The predicted octanol–water partition coefficient (Wildman–Crippen LogP) is 2.55. The first-order valence-corrected chi connectivity index (χ1v) is 8.04. The highest BCUT2D eigenvalue weighted by Crippen LogP contribution is 2.33. The first-order valence-electron chi connectivity index (χ1n) is 7.66. The van der Waals surface area contributed by atoms with Crippen LogP contribution in [0.15, 0.2) is 35.2 Å². The lowest BCUT2D eigenvalue weighted by Crippen LogP contribution is -2.25. The molecule has 4 rings (SSSR count). The molecule has 132 valence electrons. The average molecular weight is 373 g/mol. The van der Waals surface area contributed by atoms with Crippen molar-refractivity contribution >= 4 is 23.5 Å². The zero-order valence-electron chi connectivity index (χ0n) is 13.9. The van der Waals surface area contributed by atoms with Gasteiger partial charge in [-0.1, -0.05) is 17.7 Å². The molecule has 0 bridgehead atoms. The minimum atomic E-state index is -0.602. The molecule has 3 heterocycles. The van der Waals surface area contributed by atoms with Gasteiger partial charge < -0.3 is 14.1 Å². The molecule has 0 radical (unpaired) electrons. The van der Waals surface area contributed by atoms with E-state index >= 15 is 0 Å². The molecule has 0 unspecified atom stereocenters. The normalized spacial score (nSPS) is 13.2. The molecule has 1 amide bonds. The number of imidazole rings is 1. The van der Waals surface area contributed by atoms with Gasteiger partial charge in [0.15, 0.2) is 5.69 Å². The molecular weight excluding hydrogens is 360 g/mol. The quantitative estimate of drug-likeness (QED) is 0.642. The zero-order valence-corrected chi connectivity index (χ0v) is 14.6. The lowest BCUT2D eigenvalue weighted by atomic mass is 10.1. The van der Waals surface area contributed by atoms with Gasteiger partial charge >= 0.3 is 5.97 Å². The molecule has 0 saturated carbocycles. The number of carbonyl (C=O) groups is 2. The maximum Gasteiger partial charge on any atom is 0.360 e. The van der Waals surface area contributed by atoms with Crippen LogP contribution < -0.4 is 0 Å². The van der Waals surface area contributed by atoms with E-state index < -0.39 is 5.97 Å². The molecule has 0 fully saturated rings. The van der Waals surface area contributed by atoms with E-state index in [4.69, 9.17) is 16.0 Å². The zero-order chi connectivity index (χ0) is 18.4. The van der Waals surface area contributed by atoms with Gasteiger partial charge in [-0.15, -0.1) is 0 Å². The van der Waals surface area contributed by atoms with Crippen LogP contribution in [0.5, 0.6) is 0 Å². The van der Waals surface area contributed by atoms with Crippen LogP contribution >= 0.6 is 11.6 Å². The van der Waals surface area contributed by atoms with Crippen LogP contribution in [0.3, 0.4) is 0 Å². The number of esters is 1. The molecule has 26 heavy (non-hydrogen) atoms. The summed E-state index contributed by atoms with van der Waals surface area (Å²) in [4.78, 5) is 34.4. The Balaban J connectivity index is 1.89. The summed E-state index contributed by atoms with van der Waals surface area (Å²) in [7, 11) is 2.94. The molecule has 0 aliphatic carbocycles. The fourth-order valence-electron chi connectivity index (χ4n) is 2.90. The molecule has 2 aromatic heterocycles. The van der Waals surface area contributed by atoms with Gasteiger partial charge in [0.2, 0.25) is 5.89 Å². The molecule has 8 nitrogen and oxygen atoms in total. The number of hydrogen-bond donors (Lipinski definition) is 0. The number of benzene rings is 1. The van der Waals surface area contributed by atoms with Gasteiger partial charge in [0.05, 0.1) is 35.6 Å². The summed E-state index contributed by atoms with van der Waals surface area (Å²) in [5.41, 5.74) is 2.21. The topological polar surface area (TPSA) is 90.5 Å². The number of carbonyl (C=O) groups excluding carboxylic acids is 2. The third-order valence-electron chi connectivity index (χ3n) is 4.17. The molecule has 0 saturated heterocycles. The third kappa shape index (κ3) is 2.38. The van der Waals surface area contributed by atoms with Gasteiger partial charge in [-0.3, -0.25) is 9.36 Å². The van der Waals surface area contributed by atoms with Crippen molar-refractivity contribution in [2.75, 3.05) is 14.2 Å². The number of aromatic nitrogens is 3. The van der Waals surface area contributed by atoms with Crippen LogP contribution in [0.2, 0.25) is 5.02 Å². The van der Waals surface area contributed by atoms with E-state index in [9.17, 15) is 9.59 Å². The summed E-state index contributed by atoms with van der Waals surface area (Å²) < 4.78 is 11.8. The van der Waals surface area contributed by atoms with Crippen molar-refractivity contribution in [2.24, 2.45) is 0 Å². The molecular formula is C17H13ClN4O4. The number of halogens is 1. The summed E-state index contributed by atoms with van der Waals surface area (Å²) in [6, 6.07) is 5.23. The number of rotatable bonds is 2. The van der Waals surface area contributed by atoms with Gasteiger partial charge in [0, 0.05) is 7.05 Å². The Bertz CT molecular complexity index is 1040. The van der Waals surface area contributed by atoms with E-state index in [0.29, 0.717) is 27.7 Å². The maximum absolute atomic E-state index is 12.7. The summed E-state index contributed by atoms with van der Waals surface area (Å²) in [5.74, 6) is -0.622. The van der Waals surface area contributed by atoms with E-state index in [1.807, 2.05) is 0 Å². The van der Waals surface area contributed by atoms with Gasteiger partial charge in [0.1, 0.15) is 18.3 Å². The smallest absolute Gasteiger partial charge is 0.360 e. The van der Waals surface area contributed by atoms with Gasteiger partial charge in [-0.2, -0.15) is 0 Å². The Morgan fingerprint density at radius 3 is 2.96 bits per heavy atom. The lowest BCUT2D eigenvalue weighted by molar-refractivity contribution is 0.0593. The molecule has 9 heteroatoms. The fraction of sp³-hybridized carbons (Fsp3) is 0.176. The fourth-order valence-corrected chi connectivity index (χ4v) is 3.15. The molecule has 1 aliphatic heterocycles. The lowest BCUT2D eigenvalue weighted by Gasteiger charge is -2.14. The Hall–Kier alpha value is -3.13.